The summed E-state index contributed by atoms with van der Waals surface area (Å²) in [6, 6.07) is 3.79. The normalized spacial score (nSPS) is 20.8. The van der Waals surface area contributed by atoms with Crippen LogP contribution in [-0.2, 0) is 6.54 Å². The summed E-state index contributed by atoms with van der Waals surface area (Å²) >= 11 is 0. The van der Waals surface area contributed by atoms with Crippen LogP contribution in [0.25, 0.3) is 0 Å². The molecule has 1 fully saturated rings. The van der Waals surface area contributed by atoms with Crippen LogP contribution < -0.4 is 5.73 Å². The minimum Gasteiger partial charge on any atom is -0.506 e. The molecule has 16 heavy (non-hydrogen) atoms. The van der Waals surface area contributed by atoms with Crippen molar-refractivity contribution in [2.45, 2.75) is 25.9 Å². The first kappa shape index (κ1) is 13.2. The number of nitrogens with two attached hydrogens (primary N) is 1. The van der Waals surface area contributed by atoms with E-state index in [4.69, 9.17) is 5.73 Å². The Labute approximate surface area is 102 Å². The molecule has 0 unspecified atom stereocenters. The third-order valence-electron chi connectivity index (χ3n) is 2.77. The van der Waals surface area contributed by atoms with Gasteiger partial charge in [0.2, 0.25) is 0 Å². The lowest BCUT2D eigenvalue weighted by Gasteiger charge is -2.15. The smallest absolute Gasteiger partial charge is 0.138 e. The second-order valence-electron chi connectivity index (χ2n) is 4.20. The number of hydrogen-bond donors (Lipinski definition) is 2. The van der Waals surface area contributed by atoms with Crippen molar-refractivity contribution < 1.29 is 5.11 Å². The van der Waals surface area contributed by atoms with Gasteiger partial charge in [0, 0.05) is 31.4 Å². The molecule has 2 rings (SSSR count). The molecule has 0 bridgehead atoms. The van der Waals surface area contributed by atoms with Gasteiger partial charge in [-0.2, -0.15) is 0 Å². The molecular weight excluding hydrogens is 226 g/mol. The molecule has 1 aromatic rings. The van der Waals surface area contributed by atoms with Crippen LogP contribution in [0, 0.1) is 6.92 Å². The molecule has 3 N–H and O–H groups in total. The molecule has 1 atom stereocenters. The molecule has 1 aromatic heterocycles. The average Bonchev–Trinajstić information content (AvgIpc) is 2.58. The quantitative estimate of drug-likeness (QED) is 0.815. The van der Waals surface area contributed by atoms with E-state index in [1.165, 1.54) is 0 Å². The number of nitrogens with zero attached hydrogens (tertiary/aromatic N) is 2. The van der Waals surface area contributed by atoms with E-state index >= 15 is 0 Å². The monoisotopic (exact) mass is 243 g/mol. The lowest BCUT2D eigenvalue weighted by molar-refractivity contribution is 0.315. The summed E-state index contributed by atoms with van der Waals surface area (Å²) in [7, 11) is 0. The fourth-order valence-corrected chi connectivity index (χ4v) is 1.94. The zero-order chi connectivity index (χ0) is 10.8. The van der Waals surface area contributed by atoms with Gasteiger partial charge in [0.15, 0.2) is 0 Å². The molecule has 90 valence electrons. The van der Waals surface area contributed by atoms with Gasteiger partial charge in [0.1, 0.15) is 5.75 Å². The van der Waals surface area contributed by atoms with Gasteiger partial charge in [-0.15, -0.1) is 12.4 Å². The standard InChI is InChI=1S/C11H17N3O.ClH/c1-8-2-3-11(15)10(13-8)7-14-5-4-9(12)6-14;/h2-3,9,15H,4-7,12H2,1H3;1H/t9-;/m0./s1. The third-order valence-corrected chi connectivity index (χ3v) is 2.77. The van der Waals surface area contributed by atoms with Crippen molar-refractivity contribution in [2.75, 3.05) is 13.1 Å². The lowest BCUT2D eigenvalue weighted by Crippen LogP contribution is -2.26. The third kappa shape index (κ3) is 3.07. The minimum atomic E-state index is 0. The Morgan fingerprint density at radius 1 is 1.56 bits per heavy atom. The van der Waals surface area contributed by atoms with Gasteiger partial charge in [0.25, 0.3) is 0 Å². The number of halogens is 1. The minimum absolute atomic E-state index is 0. The van der Waals surface area contributed by atoms with E-state index in [9.17, 15) is 5.11 Å². The molecule has 0 radical (unpaired) electrons. The Kier molecular flexibility index (Phi) is 4.53. The molecule has 1 aliphatic heterocycles. The fourth-order valence-electron chi connectivity index (χ4n) is 1.94. The Morgan fingerprint density at radius 2 is 2.31 bits per heavy atom. The summed E-state index contributed by atoms with van der Waals surface area (Å²) in [4.78, 5) is 6.56. The van der Waals surface area contributed by atoms with E-state index in [0.29, 0.717) is 6.54 Å². The van der Waals surface area contributed by atoms with Crippen LogP contribution in [0.2, 0.25) is 0 Å². The fraction of sp³-hybridized carbons (Fsp3) is 0.545. The molecule has 5 heteroatoms. The first-order valence-electron chi connectivity index (χ1n) is 5.28. The molecule has 1 saturated heterocycles. The number of aromatic hydroxyl groups is 1. The second kappa shape index (κ2) is 5.48. The molecule has 0 spiro atoms. The van der Waals surface area contributed by atoms with E-state index < -0.39 is 0 Å². The van der Waals surface area contributed by atoms with Crippen LogP contribution in [0.5, 0.6) is 5.75 Å². The highest BCUT2D eigenvalue weighted by Gasteiger charge is 2.20. The number of likely N-dealkylation sites (tertiary alicyclic amines) is 1. The van der Waals surface area contributed by atoms with Crippen LogP contribution in [0.15, 0.2) is 12.1 Å². The van der Waals surface area contributed by atoms with Crippen molar-refractivity contribution in [3.8, 4) is 5.75 Å². The number of aromatic nitrogens is 1. The molecule has 0 saturated carbocycles. The molecule has 0 aliphatic carbocycles. The summed E-state index contributed by atoms with van der Waals surface area (Å²) in [6.45, 7) is 4.52. The summed E-state index contributed by atoms with van der Waals surface area (Å²) in [6.07, 6.45) is 1.03. The van der Waals surface area contributed by atoms with Crippen molar-refractivity contribution >= 4 is 12.4 Å². The first-order valence-corrected chi connectivity index (χ1v) is 5.28. The van der Waals surface area contributed by atoms with Crippen molar-refractivity contribution in [3.05, 3.63) is 23.5 Å². The van der Waals surface area contributed by atoms with Crippen LogP contribution in [0.4, 0.5) is 0 Å². The van der Waals surface area contributed by atoms with Crippen LogP contribution >= 0.6 is 12.4 Å². The van der Waals surface area contributed by atoms with Crippen LogP contribution in [0.3, 0.4) is 0 Å². The average molecular weight is 244 g/mol. The molecular formula is C11H18ClN3O. The van der Waals surface area contributed by atoms with Gasteiger partial charge in [-0.1, -0.05) is 0 Å². The molecule has 4 nitrogen and oxygen atoms in total. The first-order chi connectivity index (χ1) is 7.15. The highest BCUT2D eigenvalue weighted by molar-refractivity contribution is 5.85. The predicted molar refractivity (Wildman–Crippen MR) is 65.8 cm³/mol. The highest BCUT2D eigenvalue weighted by atomic mass is 35.5. The van der Waals surface area contributed by atoms with E-state index in [1.807, 2.05) is 13.0 Å². The molecule has 0 aromatic carbocycles. The zero-order valence-electron chi connectivity index (χ0n) is 9.39. The van der Waals surface area contributed by atoms with E-state index in [-0.39, 0.29) is 24.2 Å². The van der Waals surface area contributed by atoms with Gasteiger partial charge >= 0.3 is 0 Å². The van der Waals surface area contributed by atoms with Gasteiger partial charge in [-0.3, -0.25) is 9.88 Å². The molecule has 1 aliphatic rings. The van der Waals surface area contributed by atoms with Crippen molar-refractivity contribution in [1.29, 1.82) is 0 Å². The topological polar surface area (TPSA) is 62.4 Å². The predicted octanol–water partition coefficient (Wildman–Crippen LogP) is 1.05. The summed E-state index contributed by atoms with van der Waals surface area (Å²) in [5, 5.41) is 9.64. The summed E-state index contributed by atoms with van der Waals surface area (Å²) in [5.74, 6) is 0.279. The van der Waals surface area contributed by atoms with Crippen LogP contribution in [-0.4, -0.2) is 34.1 Å². The lowest BCUT2D eigenvalue weighted by atomic mass is 10.2. The highest BCUT2D eigenvalue weighted by Crippen LogP contribution is 2.18. The number of pyridine rings is 1. The van der Waals surface area contributed by atoms with Crippen molar-refractivity contribution in [3.63, 3.8) is 0 Å². The summed E-state index contributed by atoms with van der Waals surface area (Å²) < 4.78 is 0. The van der Waals surface area contributed by atoms with Gasteiger partial charge < -0.3 is 10.8 Å². The maximum absolute atomic E-state index is 9.64. The maximum atomic E-state index is 9.64. The number of rotatable bonds is 2. The SMILES string of the molecule is Cc1ccc(O)c(CN2CC[C@H](N)C2)n1.Cl. The van der Waals surface area contributed by atoms with Crippen LogP contribution in [0.1, 0.15) is 17.8 Å². The van der Waals surface area contributed by atoms with E-state index in [2.05, 4.69) is 9.88 Å². The van der Waals surface area contributed by atoms with E-state index in [0.717, 1.165) is 30.9 Å². The Balaban J connectivity index is 0.00000128. The van der Waals surface area contributed by atoms with Gasteiger partial charge in [-0.05, 0) is 25.5 Å². The van der Waals surface area contributed by atoms with E-state index in [1.54, 1.807) is 6.07 Å². The van der Waals surface area contributed by atoms with Crippen molar-refractivity contribution in [2.24, 2.45) is 5.73 Å². The molecule has 2 heterocycles. The Bertz CT molecular complexity index is 359. The number of aryl methyl sites for hydroxylation is 1. The summed E-state index contributed by atoms with van der Waals surface area (Å²) in [5.41, 5.74) is 7.51. The molecule has 0 amide bonds. The second-order valence-corrected chi connectivity index (χ2v) is 4.20. The number of hydrogen-bond acceptors (Lipinski definition) is 4. The maximum Gasteiger partial charge on any atom is 0.138 e. The zero-order valence-corrected chi connectivity index (χ0v) is 10.2. The van der Waals surface area contributed by atoms with Crippen molar-refractivity contribution in [1.82, 2.24) is 9.88 Å². The Morgan fingerprint density at radius 3 is 2.94 bits per heavy atom. The Hall–Kier alpha value is -0.840. The largest absolute Gasteiger partial charge is 0.506 e. The van der Waals surface area contributed by atoms with Gasteiger partial charge in [0.05, 0.1) is 5.69 Å². The van der Waals surface area contributed by atoms with Gasteiger partial charge in [-0.25, -0.2) is 0 Å².